The molecule has 0 aliphatic carbocycles. The molecule has 0 atom stereocenters. The molecule has 0 saturated heterocycles. The standard InChI is InChI=1S/C42H58O12/c1-5-9-13-15-17-21-35(43)31-23-25-37(51-41(47)49-27-19-11-7-3)33(29-31)39(45)53-54-40(46)34-30-32(36(44)22-18-16-14-10-6-2)24-26-38(34)52-42(48)50-28-20-12-8-4/h23-26,29-30H,5-22,27-28H2,1-4H3. The fourth-order valence-corrected chi connectivity index (χ4v) is 5.39. The zero-order valence-corrected chi connectivity index (χ0v) is 32.5. The Hall–Kier alpha value is -4.74. The summed E-state index contributed by atoms with van der Waals surface area (Å²) in [5.41, 5.74) is -0.406. The van der Waals surface area contributed by atoms with Gasteiger partial charge in [-0.3, -0.25) is 9.59 Å². The first kappa shape index (κ1) is 45.4. The number of carbonyl (C=O) groups excluding carboxylic acids is 6. The Morgan fingerprint density at radius 3 is 1.17 bits per heavy atom. The lowest BCUT2D eigenvalue weighted by atomic mass is 10.0. The first-order valence-corrected chi connectivity index (χ1v) is 19.6. The van der Waals surface area contributed by atoms with Crippen LogP contribution in [0.25, 0.3) is 0 Å². The van der Waals surface area contributed by atoms with Gasteiger partial charge < -0.3 is 18.9 Å². The third-order valence-electron chi connectivity index (χ3n) is 8.57. The molecular weight excluding hydrogens is 696 g/mol. The van der Waals surface area contributed by atoms with Crippen LogP contribution in [-0.2, 0) is 19.2 Å². The first-order valence-electron chi connectivity index (χ1n) is 19.6. The van der Waals surface area contributed by atoms with Gasteiger partial charge in [0.05, 0.1) is 13.2 Å². The third kappa shape index (κ3) is 17.4. The van der Waals surface area contributed by atoms with Crippen molar-refractivity contribution in [1.82, 2.24) is 0 Å². The lowest BCUT2D eigenvalue weighted by Crippen LogP contribution is -2.18. The first-order chi connectivity index (χ1) is 26.1. The summed E-state index contributed by atoms with van der Waals surface area (Å²) in [5, 5.41) is 0. The molecule has 0 unspecified atom stereocenters. The maximum absolute atomic E-state index is 13.4. The number of Topliss-reactive ketones (excluding diaryl/α,β-unsaturated/α-hetero) is 2. The minimum absolute atomic E-state index is 0.107. The van der Waals surface area contributed by atoms with E-state index in [2.05, 4.69) is 13.8 Å². The number of unbranched alkanes of at least 4 members (excludes halogenated alkanes) is 12. The van der Waals surface area contributed by atoms with Crippen molar-refractivity contribution in [1.29, 1.82) is 0 Å². The van der Waals surface area contributed by atoms with E-state index in [-0.39, 0.29) is 71.4 Å². The predicted molar refractivity (Wildman–Crippen MR) is 202 cm³/mol. The van der Waals surface area contributed by atoms with E-state index in [1.54, 1.807) is 0 Å². The Bertz CT molecular complexity index is 1390. The molecule has 0 N–H and O–H groups in total. The maximum Gasteiger partial charge on any atom is 0.513 e. The van der Waals surface area contributed by atoms with Gasteiger partial charge in [-0.25, -0.2) is 29.0 Å². The van der Waals surface area contributed by atoms with E-state index in [0.29, 0.717) is 25.7 Å². The molecule has 0 bridgehead atoms. The van der Waals surface area contributed by atoms with E-state index in [9.17, 15) is 28.8 Å². The van der Waals surface area contributed by atoms with Gasteiger partial charge in [0.25, 0.3) is 0 Å². The normalized spacial score (nSPS) is 10.7. The summed E-state index contributed by atoms with van der Waals surface area (Å²) < 4.78 is 20.8. The average Bonchev–Trinajstić information content (AvgIpc) is 3.17. The molecule has 0 amide bonds. The minimum atomic E-state index is -1.26. The molecule has 0 saturated carbocycles. The fraction of sp³-hybridized carbons (Fsp3) is 0.571. The van der Waals surface area contributed by atoms with E-state index >= 15 is 0 Å². The molecule has 0 fully saturated rings. The highest BCUT2D eigenvalue weighted by atomic mass is 17.2. The van der Waals surface area contributed by atoms with Gasteiger partial charge in [-0.15, -0.1) is 0 Å². The summed E-state index contributed by atoms with van der Waals surface area (Å²) in [7, 11) is 0. The van der Waals surface area contributed by atoms with Crippen LogP contribution in [0.3, 0.4) is 0 Å². The quantitative estimate of drug-likeness (QED) is 0.0224. The second-order valence-corrected chi connectivity index (χ2v) is 13.2. The summed E-state index contributed by atoms with van der Waals surface area (Å²) in [6.45, 7) is 8.41. The Kier molecular flexibility index (Phi) is 22.7. The van der Waals surface area contributed by atoms with Crippen molar-refractivity contribution in [2.75, 3.05) is 13.2 Å². The molecule has 0 aliphatic heterocycles. The van der Waals surface area contributed by atoms with Crippen molar-refractivity contribution in [2.45, 2.75) is 143 Å². The summed E-state index contributed by atoms with van der Waals surface area (Å²) in [4.78, 5) is 87.5. The zero-order valence-electron chi connectivity index (χ0n) is 32.5. The number of carbonyl (C=O) groups is 6. The summed E-state index contributed by atoms with van der Waals surface area (Å²) in [6, 6.07) is 7.79. The van der Waals surface area contributed by atoms with Crippen molar-refractivity contribution < 1.29 is 57.5 Å². The highest BCUT2D eigenvalue weighted by molar-refractivity contribution is 6.02. The Balaban J connectivity index is 2.30. The maximum atomic E-state index is 13.4. The third-order valence-corrected chi connectivity index (χ3v) is 8.57. The lowest BCUT2D eigenvalue weighted by Gasteiger charge is -2.13. The minimum Gasteiger partial charge on any atom is -0.434 e. The smallest absolute Gasteiger partial charge is 0.434 e. The van der Waals surface area contributed by atoms with Gasteiger partial charge in [0.15, 0.2) is 11.6 Å². The molecule has 54 heavy (non-hydrogen) atoms. The van der Waals surface area contributed by atoms with Gasteiger partial charge in [-0.2, -0.15) is 0 Å². The summed E-state index contributed by atoms with van der Waals surface area (Å²) in [6.07, 6.45) is 12.5. The molecular formula is C42H58O12. The van der Waals surface area contributed by atoms with Crippen LogP contribution in [-0.4, -0.2) is 49.0 Å². The van der Waals surface area contributed by atoms with Crippen LogP contribution in [0.1, 0.15) is 185 Å². The van der Waals surface area contributed by atoms with E-state index in [1.807, 2.05) is 13.8 Å². The molecule has 2 rings (SSSR count). The van der Waals surface area contributed by atoms with Crippen molar-refractivity contribution in [2.24, 2.45) is 0 Å². The molecule has 12 nitrogen and oxygen atoms in total. The molecule has 12 heteroatoms. The average molecular weight is 755 g/mol. The van der Waals surface area contributed by atoms with Gasteiger partial charge in [-0.1, -0.05) is 105 Å². The molecule has 298 valence electrons. The second-order valence-electron chi connectivity index (χ2n) is 13.2. The molecule has 2 aromatic carbocycles. The van der Waals surface area contributed by atoms with Crippen LogP contribution < -0.4 is 9.47 Å². The number of hydrogen-bond donors (Lipinski definition) is 0. The number of ketones is 2. The number of benzene rings is 2. The molecule has 2 aromatic rings. The zero-order chi connectivity index (χ0) is 39.6. The molecule has 0 spiro atoms. The largest absolute Gasteiger partial charge is 0.513 e. The van der Waals surface area contributed by atoms with Crippen molar-refractivity contribution >= 4 is 35.8 Å². The van der Waals surface area contributed by atoms with Crippen LogP contribution in [0.15, 0.2) is 36.4 Å². The second kappa shape index (κ2) is 26.9. The van der Waals surface area contributed by atoms with Gasteiger partial charge in [-0.05, 0) is 62.1 Å². The fourth-order valence-electron chi connectivity index (χ4n) is 5.39. The predicted octanol–water partition coefficient (Wildman–Crippen LogP) is 11.1. The van der Waals surface area contributed by atoms with E-state index in [1.165, 1.54) is 36.4 Å². The van der Waals surface area contributed by atoms with Crippen molar-refractivity contribution in [3.05, 3.63) is 58.7 Å². The van der Waals surface area contributed by atoms with Crippen LogP contribution in [0, 0.1) is 0 Å². The molecule has 0 heterocycles. The number of ether oxygens (including phenoxy) is 4. The monoisotopic (exact) mass is 754 g/mol. The van der Waals surface area contributed by atoms with Crippen LogP contribution in [0.5, 0.6) is 11.5 Å². The molecule has 0 radical (unpaired) electrons. The van der Waals surface area contributed by atoms with E-state index in [4.69, 9.17) is 28.7 Å². The lowest BCUT2D eigenvalue weighted by molar-refractivity contribution is -0.187. The van der Waals surface area contributed by atoms with Crippen molar-refractivity contribution in [3.8, 4) is 11.5 Å². The van der Waals surface area contributed by atoms with Gasteiger partial charge >= 0.3 is 24.2 Å². The van der Waals surface area contributed by atoms with E-state index < -0.39 is 24.2 Å². The Labute approximate surface area is 319 Å². The number of hydrogen-bond acceptors (Lipinski definition) is 12. The van der Waals surface area contributed by atoms with Gasteiger partial charge in [0.2, 0.25) is 0 Å². The van der Waals surface area contributed by atoms with Crippen LogP contribution in [0.2, 0.25) is 0 Å². The topological polar surface area (TPSA) is 158 Å². The van der Waals surface area contributed by atoms with E-state index in [0.717, 1.165) is 77.0 Å². The van der Waals surface area contributed by atoms with Crippen LogP contribution in [0.4, 0.5) is 9.59 Å². The molecule has 0 aromatic heterocycles. The molecule has 0 aliphatic rings. The van der Waals surface area contributed by atoms with Gasteiger partial charge in [0.1, 0.15) is 22.6 Å². The van der Waals surface area contributed by atoms with Crippen LogP contribution >= 0.6 is 0 Å². The Morgan fingerprint density at radius 1 is 0.444 bits per heavy atom. The summed E-state index contributed by atoms with van der Waals surface area (Å²) >= 11 is 0. The SMILES string of the molecule is CCCCCCCC(=O)c1ccc(OC(=O)OCCCCC)c(C(=O)OOC(=O)c2cc(C(=O)CCCCCCC)ccc2OC(=O)OCCCCC)c1. The number of rotatable bonds is 26. The highest BCUT2D eigenvalue weighted by Crippen LogP contribution is 2.26. The Morgan fingerprint density at radius 2 is 0.796 bits per heavy atom. The highest BCUT2D eigenvalue weighted by Gasteiger charge is 2.26. The van der Waals surface area contributed by atoms with Crippen molar-refractivity contribution in [3.63, 3.8) is 0 Å². The summed E-state index contributed by atoms with van der Waals surface area (Å²) in [5.74, 6) is -3.54. The van der Waals surface area contributed by atoms with Gasteiger partial charge in [0, 0.05) is 24.0 Å².